The molecule has 1 heterocycles. The summed E-state index contributed by atoms with van der Waals surface area (Å²) < 4.78 is 13.9. The lowest BCUT2D eigenvalue weighted by atomic mass is 10.0. The molecule has 3 rings (SSSR count). The van der Waals surface area contributed by atoms with Gasteiger partial charge in [0.25, 0.3) is 0 Å². The van der Waals surface area contributed by atoms with Crippen LogP contribution in [-0.2, 0) is 16.0 Å². The quantitative estimate of drug-likeness (QED) is 0.772. The maximum Gasteiger partial charge on any atom is 0.238 e. The zero-order valence-corrected chi connectivity index (χ0v) is 11.7. The van der Waals surface area contributed by atoms with E-state index in [2.05, 4.69) is 16.0 Å². The number of carbonyl (C=O) groups excluding carboxylic acids is 2. The predicted octanol–water partition coefficient (Wildman–Crippen LogP) is 1.65. The Morgan fingerprint density at radius 1 is 1.33 bits per heavy atom. The van der Waals surface area contributed by atoms with Crippen molar-refractivity contribution in [1.29, 1.82) is 0 Å². The first-order chi connectivity index (χ1) is 10.1. The fourth-order valence-electron chi connectivity index (χ4n) is 2.40. The van der Waals surface area contributed by atoms with Crippen LogP contribution in [0.1, 0.15) is 24.8 Å². The minimum atomic E-state index is -0.472. The molecule has 1 fully saturated rings. The van der Waals surface area contributed by atoms with Crippen LogP contribution in [0.25, 0.3) is 0 Å². The van der Waals surface area contributed by atoms with Gasteiger partial charge in [-0.25, -0.2) is 4.39 Å². The van der Waals surface area contributed by atoms with Crippen molar-refractivity contribution in [1.82, 2.24) is 5.32 Å². The van der Waals surface area contributed by atoms with Gasteiger partial charge in [-0.2, -0.15) is 0 Å². The maximum atomic E-state index is 13.9. The maximum absolute atomic E-state index is 13.9. The first-order valence-electron chi connectivity index (χ1n) is 7.24. The van der Waals surface area contributed by atoms with Crippen LogP contribution in [-0.4, -0.2) is 24.9 Å². The molecule has 2 aliphatic rings. The van der Waals surface area contributed by atoms with Crippen molar-refractivity contribution in [2.75, 3.05) is 23.7 Å². The third-order valence-corrected chi connectivity index (χ3v) is 3.78. The highest BCUT2D eigenvalue weighted by atomic mass is 19.1. The van der Waals surface area contributed by atoms with Crippen LogP contribution in [0.15, 0.2) is 12.1 Å². The van der Waals surface area contributed by atoms with Crippen LogP contribution >= 0.6 is 0 Å². The van der Waals surface area contributed by atoms with Crippen LogP contribution < -0.4 is 16.0 Å². The number of benzene rings is 1. The molecular formula is C15H18FN3O2. The summed E-state index contributed by atoms with van der Waals surface area (Å²) in [5.74, 6) is -0.150. The molecule has 0 atom stereocenters. The van der Waals surface area contributed by atoms with E-state index in [1.807, 2.05) is 0 Å². The monoisotopic (exact) mass is 291 g/mol. The number of aryl methyl sites for hydroxylation is 1. The molecule has 5 nitrogen and oxygen atoms in total. The van der Waals surface area contributed by atoms with E-state index in [4.69, 9.17) is 0 Å². The molecule has 112 valence electrons. The Morgan fingerprint density at radius 3 is 2.90 bits per heavy atom. The van der Waals surface area contributed by atoms with Crippen LogP contribution in [0.3, 0.4) is 0 Å². The Labute approximate surface area is 122 Å². The smallest absolute Gasteiger partial charge is 0.238 e. The van der Waals surface area contributed by atoms with E-state index < -0.39 is 5.82 Å². The first kappa shape index (κ1) is 14.0. The van der Waals surface area contributed by atoms with E-state index in [1.165, 1.54) is 25.0 Å². The molecule has 0 aromatic heterocycles. The number of hydrogen-bond acceptors (Lipinski definition) is 3. The molecule has 0 saturated heterocycles. The second-order valence-electron chi connectivity index (χ2n) is 5.66. The normalized spacial score (nSPS) is 17.1. The lowest BCUT2D eigenvalue weighted by Gasteiger charge is -2.18. The van der Waals surface area contributed by atoms with E-state index in [1.54, 1.807) is 0 Å². The van der Waals surface area contributed by atoms with Gasteiger partial charge in [0, 0.05) is 12.1 Å². The SMILES string of the molecule is O=C(CNCC1CC1)Nc1cc2c(cc1F)CCC(=O)N2. The molecule has 0 bridgehead atoms. The molecule has 0 spiro atoms. The predicted molar refractivity (Wildman–Crippen MR) is 77.6 cm³/mol. The van der Waals surface area contributed by atoms with Crippen molar-refractivity contribution >= 4 is 23.2 Å². The number of amides is 2. The fraction of sp³-hybridized carbons (Fsp3) is 0.467. The lowest BCUT2D eigenvalue weighted by Crippen LogP contribution is -2.30. The molecule has 1 aliphatic heterocycles. The standard InChI is InChI=1S/C15H18FN3O2/c16-11-5-10-3-4-14(20)18-12(10)6-13(11)19-15(21)8-17-7-9-1-2-9/h5-6,9,17H,1-4,7-8H2,(H,18,20)(H,19,21). The number of halogens is 1. The molecule has 21 heavy (non-hydrogen) atoms. The zero-order valence-electron chi connectivity index (χ0n) is 11.7. The van der Waals surface area contributed by atoms with Gasteiger partial charge in [0.05, 0.1) is 12.2 Å². The Balaban J connectivity index is 1.62. The first-order valence-corrected chi connectivity index (χ1v) is 7.24. The van der Waals surface area contributed by atoms with Crippen molar-refractivity contribution in [3.63, 3.8) is 0 Å². The van der Waals surface area contributed by atoms with Gasteiger partial charge in [0.2, 0.25) is 11.8 Å². The molecule has 1 saturated carbocycles. The van der Waals surface area contributed by atoms with E-state index >= 15 is 0 Å². The molecule has 0 radical (unpaired) electrons. The van der Waals surface area contributed by atoms with Crippen molar-refractivity contribution in [2.24, 2.45) is 5.92 Å². The summed E-state index contributed by atoms with van der Waals surface area (Å²) >= 11 is 0. The largest absolute Gasteiger partial charge is 0.326 e. The number of rotatable bonds is 5. The summed E-state index contributed by atoms with van der Waals surface area (Å²) in [6.07, 6.45) is 3.32. The van der Waals surface area contributed by atoms with Gasteiger partial charge >= 0.3 is 0 Å². The van der Waals surface area contributed by atoms with Crippen molar-refractivity contribution in [3.05, 3.63) is 23.5 Å². The van der Waals surface area contributed by atoms with Crippen LogP contribution in [0, 0.1) is 11.7 Å². The van der Waals surface area contributed by atoms with Gasteiger partial charge in [0.15, 0.2) is 0 Å². The van der Waals surface area contributed by atoms with E-state index in [0.717, 1.165) is 12.1 Å². The number of fused-ring (bicyclic) bond motifs is 1. The van der Waals surface area contributed by atoms with Crippen molar-refractivity contribution < 1.29 is 14.0 Å². The van der Waals surface area contributed by atoms with Crippen LogP contribution in [0.2, 0.25) is 0 Å². The summed E-state index contributed by atoms with van der Waals surface area (Å²) in [4.78, 5) is 23.1. The zero-order chi connectivity index (χ0) is 14.8. The van der Waals surface area contributed by atoms with E-state index in [-0.39, 0.29) is 24.0 Å². The average Bonchev–Trinajstić information content (AvgIpc) is 3.24. The summed E-state index contributed by atoms with van der Waals surface area (Å²) in [5.41, 5.74) is 1.44. The van der Waals surface area contributed by atoms with Crippen molar-refractivity contribution in [3.8, 4) is 0 Å². The third kappa shape index (κ3) is 3.58. The van der Waals surface area contributed by atoms with Gasteiger partial charge in [-0.15, -0.1) is 0 Å². The van der Waals surface area contributed by atoms with Crippen LogP contribution in [0.4, 0.5) is 15.8 Å². The van der Waals surface area contributed by atoms with Gasteiger partial charge in [-0.1, -0.05) is 0 Å². The molecular weight excluding hydrogens is 273 g/mol. The summed E-state index contributed by atoms with van der Waals surface area (Å²) in [6.45, 7) is 0.996. The highest BCUT2D eigenvalue weighted by molar-refractivity contribution is 5.97. The Hall–Kier alpha value is -1.95. The average molecular weight is 291 g/mol. The third-order valence-electron chi connectivity index (χ3n) is 3.78. The van der Waals surface area contributed by atoms with Crippen molar-refractivity contribution in [2.45, 2.75) is 25.7 Å². The van der Waals surface area contributed by atoms with E-state index in [9.17, 15) is 14.0 Å². The Morgan fingerprint density at radius 2 is 2.14 bits per heavy atom. The van der Waals surface area contributed by atoms with Gasteiger partial charge in [-0.3, -0.25) is 9.59 Å². The molecule has 0 unspecified atom stereocenters. The second-order valence-corrected chi connectivity index (χ2v) is 5.66. The number of carbonyl (C=O) groups is 2. The van der Waals surface area contributed by atoms with Crippen LogP contribution in [0.5, 0.6) is 0 Å². The topological polar surface area (TPSA) is 70.2 Å². The van der Waals surface area contributed by atoms with Gasteiger partial charge in [0.1, 0.15) is 5.82 Å². The Kier molecular flexibility index (Phi) is 3.88. The second kappa shape index (κ2) is 5.81. The summed E-state index contributed by atoms with van der Waals surface area (Å²) in [5, 5.41) is 8.29. The minimum absolute atomic E-state index is 0.0857. The molecule has 2 amide bonds. The summed E-state index contributed by atoms with van der Waals surface area (Å²) in [7, 11) is 0. The fourth-order valence-corrected chi connectivity index (χ4v) is 2.40. The van der Waals surface area contributed by atoms with Gasteiger partial charge in [-0.05, 0) is 49.4 Å². The lowest BCUT2D eigenvalue weighted by molar-refractivity contribution is -0.116. The summed E-state index contributed by atoms with van der Waals surface area (Å²) in [6, 6.07) is 2.86. The minimum Gasteiger partial charge on any atom is -0.326 e. The number of nitrogens with one attached hydrogen (secondary N) is 3. The molecule has 1 aromatic carbocycles. The molecule has 6 heteroatoms. The number of hydrogen-bond donors (Lipinski definition) is 3. The highest BCUT2D eigenvalue weighted by Crippen LogP contribution is 2.29. The molecule has 1 aliphatic carbocycles. The molecule has 1 aromatic rings. The molecule has 3 N–H and O–H groups in total. The highest BCUT2D eigenvalue weighted by Gasteiger charge is 2.21. The number of anilines is 2. The van der Waals surface area contributed by atoms with E-state index in [0.29, 0.717) is 24.4 Å². The van der Waals surface area contributed by atoms with Gasteiger partial charge < -0.3 is 16.0 Å². The Bertz CT molecular complexity index is 585.